The molecule has 3 aromatic rings. The summed E-state index contributed by atoms with van der Waals surface area (Å²) >= 11 is 0.887. The minimum absolute atomic E-state index is 0.362. The van der Waals surface area contributed by atoms with Crippen LogP contribution in [0.5, 0.6) is 5.75 Å². The SMILES string of the molecule is COC(=O)[C@@H](N)Cc1cn(CCOc2ccc(/C=C3/SC(=O)NC3=O)cc2)c2ccccc12. The van der Waals surface area contributed by atoms with E-state index in [0.29, 0.717) is 30.2 Å². The molecular weight excluding hydrogens is 442 g/mol. The number of aromatic nitrogens is 1. The van der Waals surface area contributed by atoms with E-state index in [1.165, 1.54) is 7.11 Å². The molecule has 0 unspecified atom stereocenters. The molecule has 9 heteroatoms. The van der Waals surface area contributed by atoms with Gasteiger partial charge in [-0.2, -0.15) is 0 Å². The van der Waals surface area contributed by atoms with E-state index in [0.717, 1.165) is 33.8 Å². The predicted octanol–water partition coefficient (Wildman–Crippen LogP) is 3.09. The van der Waals surface area contributed by atoms with Crippen LogP contribution >= 0.6 is 11.8 Å². The highest BCUT2D eigenvalue weighted by atomic mass is 32.2. The third kappa shape index (κ3) is 5.27. The van der Waals surface area contributed by atoms with E-state index < -0.39 is 12.0 Å². The molecule has 0 radical (unpaired) electrons. The summed E-state index contributed by atoms with van der Waals surface area (Å²) in [5, 5.41) is 2.92. The van der Waals surface area contributed by atoms with Crippen LogP contribution in [0.25, 0.3) is 17.0 Å². The zero-order valence-electron chi connectivity index (χ0n) is 17.9. The molecule has 1 fully saturated rings. The van der Waals surface area contributed by atoms with Gasteiger partial charge in [-0.3, -0.25) is 19.7 Å². The first kappa shape index (κ1) is 22.6. The number of imide groups is 1. The molecule has 33 heavy (non-hydrogen) atoms. The first-order valence-electron chi connectivity index (χ1n) is 10.3. The van der Waals surface area contributed by atoms with Gasteiger partial charge in [0.05, 0.1) is 18.6 Å². The number of esters is 1. The first-order valence-corrected chi connectivity index (χ1v) is 11.1. The summed E-state index contributed by atoms with van der Waals surface area (Å²) in [6.07, 6.45) is 4.05. The summed E-state index contributed by atoms with van der Waals surface area (Å²) in [5.74, 6) is -0.120. The highest BCUT2D eigenvalue weighted by Crippen LogP contribution is 2.26. The van der Waals surface area contributed by atoms with Crippen molar-refractivity contribution in [2.24, 2.45) is 5.73 Å². The second-order valence-corrected chi connectivity index (χ2v) is 8.48. The van der Waals surface area contributed by atoms with Gasteiger partial charge in [-0.1, -0.05) is 30.3 Å². The fourth-order valence-electron chi connectivity index (χ4n) is 3.64. The summed E-state index contributed by atoms with van der Waals surface area (Å²) in [7, 11) is 1.33. The number of nitrogens with two attached hydrogens (primary N) is 1. The van der Waals surface area contributed by atoms with E-state index in [-0.39, 0.29) is 11.1 Å². The van der Waals surface area contributed by atoms with E-state index in [1.54, 1.807) is 6.08 Å². The van der Waals surface area contributed by atoms with E-state index >= 15 is 0 Å². The number of benzene rings is 2. The van der Waals surface area contributed by atoms with Crippen LogP contribution in [0.3, 0.4) is 0 Å². The summed E-state index contributed by atoms with van der Waals surface area (Å²) < 4.78 is 12.7. The molecule has 1 saturated heterocycles. The Bertz CT molecular complexity index is 1230. The lowest BCUT2D eigenvalue weighted by Crippen LogP contribution is -2.33. The zero-order valence-corrected chi connectivity index (χ0v) is 18.8. The monoisotopic (exact) mass is 465 g/mol. The highest BCUT2D eigenvalue weighted by molar-refractivity contribution is 8.18. The second kappa shape index (κ2) is 9.93. The molecule has 2 heterocycles. The molecule has 4 rings (SSSR count). The zero-order chi connectivity index (χ0) is 23.4. The Morgan fingerprint density at radius 3 is 2.64 bits per heavy atom. The Morgan fingerprint density at radius 2 is 1.94 bits per heavy atom. The van der Waals surface area contributed by atoms with Gasteiger partial charge < -0.3 is 19.8 Å². The average Bonchev–Trinajstić information content (AvgIpc) is 3.32. The van der Waals surface area contributed by atoms with Gasteiger partial charge in [-0.25, -0.2) is 0 Å². The number of nitrogens with zero attached hydrogens (tertiary/aromatic N) is 1. The third-order valence-electron chi connectivity index (χ3n) is 5.24. The standard InChI is InChI=1S/C24H23N3O5S/c1-31-23(29)19(25)13-16-14-27(20-5-3-2-4-18(16)20)10-11-32-17-8-6-15(7-9-17)12-21-22(28)26-24(30)33-21/h2-9,12,14,19H,10-11,13,25H2,1H3,(H,26,28,30)/b21-12+/t19-/m0/s1. The Hall–Kier alpha value is -3.56. The molecule has 2 amide bonds. The quantitative estimate of drug-likeness (QED) is 0.388. The number of thioether (sulfide) groups is 1. The number of methoxy groups -OCH3 is 1. The average molecular weight is 466 g/mol. The maximum atomic E-state index is 11.7. The molecule has 0 bridgehead atoms. The summed E-state index contributed by atoms with van der Waals surface area (Å²) in [6.45, 7) is 1.05. The smallest absolute Gasteiger partial charge is 0.322 e. The van der Waals surface area contributed by atoms with Crippen LogP contribution < -0.4 is 15.8 Å². The maximum absolute atomic E-state index is 11.7. The number of para-hydroxylation sites is 1. The summed E-state index contributed by atoms with van der Waals surface area (Å²) in [4.78, 5) is 35.0. The van der Waals surface area contributed by atoms with Crippen LogP contribution in [0.4, 0.5) is 4.79 Å². The van der Waals surface area contributed by atoms with E-state index in [9.17, 15) is 14.4 Å². The van der Waals surface area contributed by atoms with Crippen molar-refractivity contribution in [1.82, 2.24) is 9.88 Å². The van der Waals surface area contributed by atoms with Crippen LogP contribution in [-0.2, 0) is 27.3 Å². The van der Waals surface area contributed by atoms with Gasteiger partial charge in [0.15, 0.2) is 0 Å². The molecule has 0 aliphatic carbocycles. The highest BCUT2D eigenvalue weighted by Gasteiger charge is 2.24. The Labute approximate surface area is 194 Å². The normalized spacial score (nSPS) is 15.6. The fourth-order valence-corrected chi connectivity index (χ4v) is 4.32. The van der Waals surface area contributed by atoms with Crippen molar-refractivity contribution in [3.8, 4) is 5.75 Å². The summed E-state index contributed by atoms with van der Waals surface area (Å²) in [6, 6.07) is 14.5. The van der Waals surface area contributed by atoms with Crippen LogP contribution in [0.2, 0.25) is 0 Å². The third-order valence-corrected chi connectivity index (χ3v) is 6.05. The molecule has 1 atom stereocenters. The predicted molar refractivity (Wildman–Crippen MR) is 127 cm³/mol. The van der Waals surface area contributed by atoms with Crippen molar-refractivity contribution < 1.29 is 23.9 Å². The second-order valence-electron chi connectivity index (χ2n) is 7.47. The molecule has 0 spiro atoms. The number of hydrogen-bond acceptors (Lipinski definition) is 7. The number of ether oxygens (including phenoxy) is 2. The van der Waals surface area contributed by atoms with Crippen molar-refractivity contribution in [2.45, 2.75) is 19.0 Å². The number of amides is 2. The van der Waals surface area contributed by atoms with Crippen molar-refractivity contribution in [2.75, 3.05) is 13.7 Å². The van der Waals surface area contributed by atoms with Crippen LogP contribution in [-0.4, -0.2) is 41.4 Å². The van der Waals surface area contributed by atoms with Crippen molar-refractivity contribution in [3.05, 3.63) is 70.8 Å². The summed E-state index contributed by atoms with van der Waals surface area (Å²) in [5.41, 5.74) is 8.78. The van der Waals surface area contributed by atoms with Crippen molar-refractivity contribution in [1.29, 1.82) is 0 Å². The lowest BCUT2D eigenvalue weighted by atomic mass is 10.1. The van der Waals surface area contributed by atoms with Crippen molar-refractivity contribution >= 4 is 45.9 Å². The molecular formula is C24H23N3O5S. The molecule has 3 N–H and O–H groups in total. The van der Waals surface area contributed by atoms with Gasteiger partial charge >= 0.3 is 5.97 Å². The van der Waals surface area contributed by atoms with Crippen LogP contribution in [0, 0.1) is 0 Å². The Balaban J connectivity index is 1.40. The number of carbonyl (C=O) groups is 3. The van der Waals surface area contributed by atoms with Gasteiger partial charge in [-0.15, -0.1) is 0 Å². The molecule has 1 aromatic heterocycles. The van der Waals surface area contributed by atoms with E-state index in [1.807, 2.05) is 54.7 Å². The van der Waals surface area contributed by atoms with Gasteiger partial charge in [0.2, 0.25) is 0 Å². The van der Waals surface area contributed by atoms with E-state index in [4.69, 9.17) is 15.2 Å². The Kier molecular flexibility index (Phi) is 6.81. The lowest BCUT2D eigenvalue weighted by Gasteiger charge is -2.09. The number of rotatable bonds is 8. The Morgan fingerprint density at radius 1 is 1.18 bits per heavy atom. The van der Waals surface area contributed by atoms with E-state index in [2.05, 4.69) is 9.88 Å². The molecule has 0 saturated carbocycles. The topological polar surface area (TPSA) is 113 Å². The van der Waals surface area contributed by atoms with Gasteiger partial charge in [0.1, 0.15) is 18.4 Å². The van der Waals surface area contributed by atoms with Gasteiger partial charge in [0, 0.05) is 23.5 Å². The number of carbonyl (C=O) groups excluding carboxylic acids is 3. The number of hydrogen-bond donors (Lipinski definition) is 2. The fraction of sp³-hybridized carbons (Fsp3) is 0.208. The minimum Gasteiger partial charge on any atom is -0.492 e. The molecule has 1 aliphatic heterocycles. The molecule has 8 nitrogen and oxygen atoms in total. The largest absolute Gasteiger partial charge is 0.492 e. The number of fused-ring (bicyclic) bond motifs is 1. The maximum Gasteiger partial charge on any atom is 0.322 e. The van der Waals surface area contributed by atoms with Gasteiger partial charge in [-0.05, 0) is 47.2 Å². The number of nitrogens with one attached hydrogen (secondary N) is 1. The van der Waals surface area contributed by atoms with Crippen LogP contribution in [0.1, 0.15) is 11.1 Å². The lowest BCUT2D eigenvalue weighted by molar-refractivity contribution is -0.142. The van der Waals surface area contributed by atoms with Gasteiger partial charge in [0.25, 0.3) is 11.1 Å². The minimum atomic E-state index is -0.717. The van der Waals surface area contributed by atoms with Crippen molar-refractivity contribution in [3.63, 3.8) is 0 Å². The molecule has 170 valence electrons. The van der Waals surface area contributed by atoms with Crippen LogP contribution in [0.15, 0.2) is 59.6 Å². The molecule has 1 aliphatic rings. The molecule has 2 aromatic carbocycles. The first-order chi connectivity index (χ1) is 15.9.